The average Bonchev–Trinajstić information content (AvgIpc) is 2.92. The molecule has 1 heterocycles. The number of methoxy groups -OCH3 is 1. The van der Waals surface area contributed by atoms with E-state index in [9.17, 15) is 20.0 Å². The molecule has 0 radical (unpaired) electrons. The number of carboxylic acids is 1. The van der Waals surface area contributed by atoms with Crippen LogP contribution in [0.4, 0.5) is 5.88 Å². The fourth-order valence-electron chi connectivity index (χ4n) is 2.50. The van der Waals surface area contributed by atoms with Crippen LogP contribution in [0.25, 0.3) is 22.1 Å². The third-order valence-corrected chi connectivity index (χ3v) is 3.75. The lowest BCUT2D eigenvalue weighted by Crippen LogP contribution is -2.01. The van der Waals surface area contributed by atoms with E-state index >= 15 is 0 Å². The Kier molecular flexibility index (Phi) is 3.86. The van der Waals surface area contributed by atoms with Gasteiger partial charge in [0, 0.05) is 16.5 Å². The summed E-state index contributed by atoms with van der Waals surface area (Å²) < 4.78 is 10.3. The maximum absolute atomic E-state index is 11.4. The zero-order valence-corrected chi connectivity index (χ0v) is 13.0. The van der Waals surface area contributed by atoms with Crippen LogP contribution in [0.3, 0.4) is 0 Å². The molecule has 8 heteroatoms. The summed E-state index contributed by atoms with van der Waals surface area (Å²) in [5.41, 5.74) is 0.669. The second-order valence-corrected chi connectivity index (χ2v) is 5.34. The highest BCUT2D eigenvalue weighted by atomic mass is 35.5. The predicted molar refractivity (Wildman–Crippen MR) is 86.8 cm³/mol. The molecule has 0 amide bonds. The van der Waals surface area contributed by atoms with Crippen LogP contribution in [-0.4, -0.2) is 23.1 Å². The first-order valence-electron chi connectivity index (χ1n) is 6.70. The van der Waals surface area contributed by atoms with Crippen molar-refractivity contribution in [1.29, 1.82) is 0 Å². The van der Waals surface area contributed by atoms with Crippen LogP contribution in [0.1, 0.15) is 10.4 Å². The summed E-state index contributed by atoms with van der Waals surface area (Å²) in [4.78, 5) is 22.0. The number of rotatable bonds is 4. The van der Waals surface area contributed by atoms with Gasteiger partial charge in [-0.05, 0) is 29.8 Å². The lowest BCUT2D eigenvalue weighted by molar-refractivity contribution is -0.400. The number of carboxylic acid groups (broad SMARTS) is 1. The number of halogens is 1. The standard InChI is InChI=1S/C16H10ClNO6/c1-23-12-5-2-8(6-11(12)16(19)20)14-10-4-3-9(17)7-13(10)24-15(14)18(21)22/h2-7H,1H3,(H,19,20). The predicted octanol–water partition coefficient (Wildman–Crippen LogP) is 4.37. The van der Waals surface area contributed by atoms with Crippen molar-refractivity contribution in [2.45, 2.75) is 0 Å². The molecule has 0 atom stereocenters. The molecule has 2 aromatic carbocycles. The number of ether oxygens (including phenoxy) is 1. The molecule has 1 aromatic heterocycles. The largest absolute Gasteiger partial charge is 0.496 e. The second kappa shape index (κ2) is 5.86. The van der Waals surface area contributed by atoms with E-state index in [2.05, 4.69) is 0 Å². The molecule has 3 rings (SSSR count). The lowest BCUT2D eigenvalue weighted by Gasteiger charge is -2.06. The number of carbonyl (C=O) groups is 1. The first kappa shape index (κ1) is 15.8. The van der Waals surface area contributed by atoms with Gasteiger partial charge >= 0.3 is 11.9 Å². The fraction of sp³-hybridized carbons (Fsp3) is 0.0625. The smallest absolute Gasteiger partial charge is 0.442 e. The highest BCUT2D eigenvalue weighted by molar-refractivity contribution is 6.31. The topological polar surface area (TPSA) is 103 Å². The minimum atomic E-state index is -1.20. The number of nitro groups is 1. The molecule has 0 fully saturated rings. The zero-order valence-electron chi connectivity index (χ0n) is 12.3. The van der Waals surface area contributed by atoms with Gasteiger partial charge in [0.2, 0.25) is 0 Å². The van der Waals surface area contributed by atoms with Crippen molar-refractivity contribution in [3.63, 3.8) is 0 Å². The number of hydrogen-bond donors (Lipinski definition) is 1. The highest BCUT2D eigenvalue weighted by Gasteiger charge is 2.26. The van der Waals surface area contributed by atoms with Crippen LogP contribution in [0.15, 0.2) is 40.8 Å². The number of aromatic carboxylic acids is 1. The van der Waals surface area contributed by atoms with Crippen molar-refractivity contribution >= 4 is 34.4 Å². The Balaban J connectivity index is 2.33. The summed E-state index contributed by atoms with van der Waals surface area (Å²) >= 11 is 5.89. The van der Waals surface area contributed by atoms with Crippen molar-refractivity contribution < 1.29 is 24.0 Å². The summed E-state index contributed by atoms with van der Waals surface area (Å²) in [5.74, 6) is -1.52. The number of furan rings is 1. The molecule has 24 heavy (non-hydrogen) atoms. The van der Waals surface area contributed by atoms with E-state index in [4.69, 9.17) is 20.8 Å². The van der Waals surface area contributed by atoms with E-state index in [1.807, 2.05) is 0 Å². The second-order valence-electron chi connectivity index (χ2n) is 4.90. The van der Waals surface area contributed by atoms with Gasteiger partial charge in [0.15, 0.2) is 0 Å². The number of hydrogen-bond acceptors (Lipinski definition) is 5. The molecule has 1 N–H and O–H groups in total. The molecule has 0 unspecified atom stereocenters. The van der Waals surface area contributed by atoms with Gasteiger partial charge < -0.3 is 14.3 Å². The Morgan fingerprint density at radius 1 is 1.29 bits per heavy atom. The Morgan fingerprint density at radius 2 is 2.04 bits per heavy atom. The highest BCUT2D eigenvalue weighted by Crippen LogP contribution is 2.41. The van der Waals surface area contributed by atoms with E-state index in [0.29, 0.717) is 16.0 Å². The molecule has 0 aliphatic rings. The van der Waals surface area contributed by atoms with Crippen molar-refractivity contribution in [2.75, 3.05) is 7.11 Å². The van der Waals surface area contributed by atoms with Crippen molar-refractivity contribution in [2.24, 2.45) is 0 Å². The van der Waals surface area contributed by atoms with Crippen molar-refractivity contribution in [1.82, 2.24) is 0 Å². The first-order chi connectivity index (χ1) is 11.4. The van der Waals surface area contributed by atoms with E-state index in [1.54, 1.807) is 12.1 Å². The van der Waals surface area contributed by atoms with Crippen LogP contribution >= 0.6 is 11.6 Å². The molecule has 0 spiro atoms. The van der Waals surface area contributed by atoms with Gasteiger partial charge in [0.05, 0.1) is 7.11 Å². The Bertz CT molecular complexity index is 978. The van der Waals surface area contributed by atoms with Gasteiger partial charge in [0.1, 0.15) is 27.4 Å². The molecule has 0 aliphatic carbocycles. The number of benzene rings is 2. The monoisotopic (exact) mass is 347 g/mol. The summed E-state index contributed by atoms with van der Waals surface area (Å²) in [7, 11) is 1.35. The summed E-state index contributed by atoms with van der Waals surface area (Å²) in [6.07, 6.45) is 0. The lowest BCUT2D eigenvalue weighted by atomic mass is 10.0. The normalized spacial score (nSPS) is 10.8. The number of nitrogens with zero attached hydrogens (tertiary/aromatic N) is 1. The third-order valence-electron chi connectivity index (χ3n) is 3.52. The molecule has 122 valence electrons. The van der Waals surface area contributed by atoms with Gasteiger partial charge in [-0.25, -0.2) is 4.79 Å². The van der Waals surface area contributed by atoms with Crippen LogP contribution in [0, 0.1) is 10.1 Å². The molecule has 0 aliphatic heterocycles. The molecule has 0 saturated carbocycles. The van der Waals surface area contributed by atoms with E-state index < -0.39 is 16.8 Å². The molecule has 0 saturated heterocycles. The average molecular weight is 348 g/mol. The van der Waals surface area contributed by atoms with E-state index in [0.717, 1.165) is 0 Å². The van der Waals surface area contributed by atoms with Gasteiger partial charge in [-0.1, -0.05) is 17.7 Å². The summed E-state index contributed by atoms with van der Waals surface area (Å²) in [5, 5.41) is 21.5. The van der Waals surface area contributed by atoms with Crippen LogP contribution in [0.5, 0.6) is 5.75 Å². The van der Waals surface area contributed by atoms with Gasteiger partial charge in [-0.2, -0.15) is 0 Å². The maximum Gasteiger partial charge on any atom is 0.442 e. The van der Waals surface area contributed by atoms with E-state index in [1.165, 1.54) is 31.4 Å². The zero-order chi connectivity index (χ0) is 17.4. The fourth-order valence-corrected chi connectivity index (χ4v) is 2.66. The maximum atomic E-state index is 11.4. The van der Waals surface area contributed by atoms with Crippen molar-refractivity contribution in [3.05, 3.63) is 57.1 Å². The first-order valence-corrected chi connectivity index (χ1v) is 7.08. The van der Waals surface area contributed by atoms with Crippen LogP contribution in [0.2, 0.25) is 5.02 Å². The van der Waals surface area contributed by atoms with Crippen LogP contribution in [-0.2, 0) is 0 Å². The summed E-state index contributed by atoms with van der Waals surface area (Å²) in [6.45, 7) is 0. The molecular formula is C16H10ClNO6. The van der Waals surface area contributed by atoms with E-state index in [-0.39, 0.29) is 22.5 Å². The van der Waals surface area contributed by atoms with Gasteiger partial charge in [-0.3, -0.25) is 10.1 Å². The molecule has 7 nitrogen and oxygen atoms in total. The molecule has 3 aromatic rings. The van der Waals surface area contributed by atoms with Gasteiger partial charge in [-0.15, -0.1) is 0 Å². The van der Waals surface area contributed by atoms with Crippen LogP contribution < -0.4 is 4.74 Å². The Hall–Kier alpha value is -3.06. The molecule has 0 bridgehead atoms. The summed E-state index contributed by atoms with van der Waals surface area (Å²) in [6, 6.07) is 8.93. The Labute approximate surface area is 140 Å². The van der Waals surface area contributed by atoms with Gasteiger partial charge in [0.25, 0.3) is 0 Å². The van der Waals surface area contributed by atoms with Crippen molar-refractivity contribution in [3.8, 4) is 16.9 Å². The SMILES string of the molecule is COc1ccc(-c2c([N+](=O)[O-])oc3cc(Cl)ccc23)cc1C(=O)O. The Morgan fingerprint density at radius 3 is 2.67 bits per heavy atom. The minimum Gasteiger partial charge on any atom is -0.496 e. The molecular weight excluding hydrogens is 338 g/mol. The quantitative estimate of drug-likeness (QED) is 0.555. The number of fused-ring (bicyclic) bond motifs is 1. The minimum absolute atomic E-state index is 0.104. The third kappa shape index (κ3) is 2.55.